The predicted molar refractivity (Wildman–Crippen MR) is 65.1 cm³/mol. The molecule has 0 spiro atoms. The van der Waals surface area contributed by atoms with Gasteiger partial charge in [0.2, 0.25) is 0 Å². The first kappa shape index (κ1) is 15.6. The summed E-state index contributed by atoms with van der Waals surface area (Å²) in [5.74, 6) is 0.260. The summed E-state index contributed by atoms with van der Waals surface area (Å²) in [6.07, 6.45) is 7.98. The fourth-order valence-corrected chi connectivity index (χ4v) is 1.71. The van der Waals surface area contributed by atoms with Gasteiger partial charge in [-0.1, -0.05) is 39.0 Å². The summed E-state index contributed by atoms with van der Waals surface area (Å²) < 4.78 is 0. The van der Waals surface area contributed by atoms with Gasteiger partial charge in [-0.25, -0.2) is 0 Å². The summed E-state index contributed by atoms with van der Waals surface area (Å²) in [7, 11) is 0. The molecule has 0 atom stereocenters. The molecule has 0 aliphatic heterocycles. The van der Waals surface area contributed by atoms with E-state index >= 15 is 0 Å². The molecule has 0 fully saturated rings. The number of carbonyl (C=O) groups excluding carboxylic acids is 1. The Morgan fingerprint density at radius 1 is 0.938 bits per heavy atom. The van der Waals surface area contributed by atoms with Gasteiger partial charge in [0.25, 0.3) is 0 Å². The molecule has 3 nitrogen and oxygen atoms in total. The molecule has 0 aliphatic carbocycles. The summed E-state index contributed by atoms with van der Waals surface area (Å²) in [5, 5.41) is 17.2. The summed E-state index contributed by atoms with van der Waals surface area (Å²) in [5.41, 5.74) is 0. The molecule has 0 bridgehead atoms. The first-order valence-corrected chi connectivity index (χ1v) is 6.54. The molecule has 0 radical (unpaired) electrons. The van der Waals surface area contributed by atoms with Crippen LogP contribution in [0.4, 0.5) is 0 Å². The average molecular weight is 230 g/mol. The van der Waals surface area contributed by atoms with Crippen molar-refractivity contribution in [2.75, 3.05) is 0 Å². The highest BCUT2D eigenvalue weighted by atomic mass is 16.5. The minimum Gasteiger partial charge on any atom is -0.368 e. The van der Waals surface area contributed by atoms with Crippen LogP contribution in [0.2, 0.25) is 0 Å². The van der Waals surface area contributed by atoms with Crippen molar-refractivity contribution in [2.45, 2.75) is 77.4 Å². The maximum absolute atomic E-state index is 11.4. The van der Waals surface area contributed by atoms with Crippen LogP contribution in [0.1, 0.15) is 71.1 Å². The highest BCUT2D eigenvalue weighted by molar-refractivity contribution is 5.78. The Morgan fingerprint density at radius 2 is 1.50 bits per heavy atom. The Balaban J connectivity index is 3.17. The molecule has 3 heteroatoms. The Bertz CT molecular complexity index is 167. The predicted octanol–water partition coefficient (Wildman–Crippen LogP) is 2.79. The molecule has 0 unspecified atom stereocenters. The monoisotopic (exact) mass is 230 g/mol. The quantitative estimate of drug-likeness (QED) is 0.424. The molecule has 96 valence electrons. The number of carbonyl (C=O) groups is 1. The van der Waals surface area contributed by atoms with Gasteiger partial charge in [0.1, 0.15) is 5.78 Å². The lowest BCUT2D eigenvalue weighted by atomic mass is 10.0. The van der Waals surface area contributed by atoms with Crippen molar-refractivity contribution in [3.05, 3.63) is 0 Å². The summed E-state index contributed by atoms with van der Waals surface area (Å²) >= 11 is 0. The fraction of sp³-hybridized carbons (Fsp3) is 0.923. The minimum atomic E-state index is -1.26. The first-order valence-electron chi connectivity index (χ1n) is 6.54. The molecule has 0 aliphatic rings. The van der Waals surface area contributed by atoms with Gasteiger partial charge in [-0.15, -0.1) is 0 Å². The van der Waals surface area contributed by atoms with Crippen LogP contribution >= 0.6 is 0 Å². The first-order chi connectivity index (χ1) is 7.66. The molecule has 0 aromatic carbocycles. The van der Waals surface area contributed by atoms with E-state index < -0.39 is 6.29 Å². The number of hydrogen-bond acceptors (Lipinski definition) is 3. The molecule has 0 rings (SSSR count). The number of rotatable bonds is 11. The van der Waals surface area contributed by atoms with Gasteiger partial charge in [0, 0.05) is 12.8 Å². The maximum atomic E-state index is 11.4. The van der Waals surface area contributed by atoms with Gasteiger partial charge in [0.15, 0.2) is 6.29 Å². The molecule has 0 saturated carbocycles. The lowest BCUT2D eigenvalue weighted by Crippen LogP contribution is -2.05. The Labute approximate surface area is 98.9 Å². The van der Waals surface area contributed by atoms with Gasteiger partial charge >= 0.3 is 0 Å². The third kappa shape index (κ3) is 11.7. The highest BCUT2D eigenvalue weighted by Crippen LogP contribution is 2.09. The lowest BCUT2D eigenvalue weighted by Gasteiger charge is -2.03. The van der Waals surface area contributed by atoms with E-state index in [-0.39, 0.29) is 5.78 Å². The average Bonchev–Trinajstić information content (AvgIpc) is 2.22. The zero-order valence-corrected chi connectivity index (χ0v) is 10.5. The van der Waals surface area contributed by atoms with E-state index in [9.17, 15) is 4.79 Å². The third-order valence-electron chi connectivity index (χ3n) is 2.73. The number of aliphatic hydroxyl groups is 2. The largest absolute Gasteiger partial charge is 0.368 e. The Hall–Kier alpha value is -0.410. The molecule has 0 aromatic heterocycles. The molecular formula is C13H26O3. The fourth-order valence-electron chi connectivity index (χ4n) is 1.71. The van der Waals surface area contributed by atoms with Gasteiger partial charge < -0.3 is 10.2 Å². The Morgan fingerprint density at radius 3 is 2.12 bits per heavy atom. The highest BCUT2D eigenvalue weighted by Gasteiger charge is 2.03. The van der Waals surface area contributed by atoms with Crippen molar-refractivity contribution in [3.8, 4) is 0 Å². The van der Waals surface area contributed by atoms with Crippen LogP contribution in [0, 0.1) is 0 Å². The van der Waals surface area contributed by atoms with Crippen LogP contribution in [-0.4, -0.2) is 22.3 Å². The number of Topliss-reactive ketones (excluding diaryl/α,β-unsaturated/α-hetero) is 1. The topological polar surface area (TPSA) is 57.5 Å². The van der Waals surface area contributed by atoms with Crippen molar-refractivity contribution in [1.82, 2.24) is 0 Å². The van der Waals surface area contributed by atoms with Crippen molar-refractivity contribution in [1.29, 1.82) is 0 Å². The Kier molecular flexibility index (Phi) is 10.8. The molecule has 16 heavy (non-hydrogen) atoms. The summed E-state index contributed by atoms with van der Waals surface area (Å²) in [4.78, 5) is 11.4. The number of aliphatic hydroxyl groups excluding tert-OH is 1. The SMILES string of the molecule is CCCCCCCCC(=O)CCCC(O)O. The second-order valence-electron chi connectivity index (χ2n) is 4.43. The van der Waals surface area contributed by atoms with E-state index in [2.05, 4.69) is 6.92 Å². The smallest absolute Gasteiger partial charge is 0.151 e. The number of unbranched alkanes of at least 4 members (excludes halogenated alkanes) is 5. The van der Waals surface area contributed by atoms with Crippen molar-refractivity contribution in [2.24, 2.45) is 0 Å². The van der Waals surface area contributed by atoms with Crippen LogP contribution in [0.25, 0.3) is 0 Å². The van der Waals surface area contributed by atoms with Gasteiger partial charge in [-0.2, -0.15) is 0 Å². The zero-order chi connectivity index (χ0) is 12.2. The molecule has 0 saturated heterocycles. The maximum Gasteiger partial charge on any atom is 0.151 e. The second-order valence-corrected chi connectivity index (χ2v) is 4.43. The van der Waals surface area contributed by atoms with Crippen LogP contribution < -0.4 is 0 Å². The summed E-state index contributed by atoms with van der Waals surface area (Å²) in [6.45, 7) is 2.19. The van der Waals surface area contributed by atoms with E-state index in [1.807, 2.05) is 0 Å². The molecule has 0 amide bonds. The third-order valence-corrected chi connectivity index (χ3v) is 2.73. The summed E-state index contributed by atoms with van der Waals surface area (Å²) in [6, 6.07) is 0. The van der Waals surface area contributed by atoms with Crippen molar-refractivity contribution in [3.63, 3.8) is 0 Å². The van der Waals surface area contributed by atoms with Crippen LogP contribution in [0.5, 0.6) is 0 Å². The minimum absolute atomic E-state index is 0.260. The van der Waals surface area contributed by atoms with Gasteiger partial charge in [-0.05, 0) is 19.3 Å². The van der Waals surface area contributed by atoms with E-state index in [0.29, 0.717) is 25.7 Å². The molecule has 0 heterocycles. The standard InChI is InChI=1S/C13H26O3/c1-2-3-4-5-6-7-9-12(14)10-8-11-13(15)16/h13,15-16H,2-11H2,1H3. The van der Waals surface area contributed by atoms with Crippen LogP contribution in [0.3, 0.4) is 0 Å². The van der Waals surface area contributed by atoms with Crippen LogP contribution in [-0.2, 0) is 4.79 Å². The van der Waals surface area contributed by atoms with E-state index in [1.54, 1.807) is 0 Å². The molecule has 0 aromatic rings. The molecular weight excluding hydrogens is 204 g/mol. The normalized spacial score (nSPS) is 11.0. The lowest BCUT2D eigenvalue weighted by molar-refractivity contribution is -0.119. The van der Waals surface area contributed by atoms with Crippen molar-refractivity contribution >= 4 is 5.78 Å². The number of hydrogen-bond donors (Lipinski definition) is 2. The van der Waals surface area contributed by atoms with E-state index in [1.165, 1.54) is 25.7 Å². The van der Waals surface area contributed by atoms with Gasteiger partial charge in [0.05, 0.1) is 0 Å². The van der Waals surface area contributed by atoms with Crippen LogP contribution in [0.15, 0.2) is 0 Å². The number of ketones is 1. The van der Waals surface area contributed by atoms with Gasteiger partial charge in [-0.3, -0.25) is 4.79 Å². The van der Waals surface area contributed by atoms with E-state index in [0.717, 1.165) is 12.8 Å². The van der Waals surface area contributed by atoms with E-state index in [4.69, 9.17) is 10.2 Å². The molecule has 2 N–H and O–H groups in total. The second kappa shape index (κ2) is 11.1. The zero-order valence-electron chi connectivity index (χ0n) is 10.5. The van der Waals surface area contributed by atoms with Crippen molar-refractivity contribution < 1.29 is 15.0 Å².